The van der Waals surface area contributed by atoms with E-state index >= 15 is 0 Å². The van der Waals surface area contributed by atoms with Gasteiger partial charge in [0.05, 0.1) is 10.8 Å². The normalized spacial score (nSPS) is 23.5. The van der Waals surface area contributed by atoms with E-state index in [1.165, 1.54) is 6.20 Å². The number of carboxylic acids is 1. The number of aliphatic carboxylic acids is 1. The first-order valence-electron chi connectivity index (χ1n) is 5.16. The summed E-state index contributed by atoms with van der Waals surface area (Å²) in [6.07, 6.45) is 3.14. The molecule has 8 heteroatoms. The van der Waals surface area contributed by atoms with Crippen LogP contribution in [0.4, 0.5) is 10.1 Å². The number of hydrogen-bond acceptors (Lipinski definition) is 6. The van der Waals surface area contributed by atoms with Crippen molar-refractivity contribution in [3.63, 3.8) is 0 Å². The van der Waals surface area contributed by atoms with Gasteiger partial charge in [-0.2, -0.15) is 0 Å². The van der Waals surface area contributed by atoms with Gasteiger partial charge in [0.1, 0.15) is 6.20 Å². The highest BCUT2D eigenvalue weighted by molar-refractivity contribution is 7.18. The Morgan fingerprint density at radius 3 is 2.94 bits per heavy atom. The van der Waals surface area contributed by atoms with Crippen molar-refractivity contribution < 1.29 is 14.8 Å². The average molecular weight is 257 g/mol. The molecule has 1 saturated carbocycles. The van der Waals surface area contributed by atoms with Gasteiger partial charge in [-0.1, -0.05) is 0 Å². The predicted molar refractivity (Wildman–Crippen MR) is 61.2 cm³/mol. The van der Waals surface area contributed by atoms with E-state index in [-0.39, 0.29) is 17.0 Å². The fraction of sp³-hybridized carbons (Fsp3) is 0.556. The number of nitro groups is 1. The summed E-state index contributed by atoms with van der Waals surface area (Å²) in [6, 6.07) is 0.0434. The molecule has 1 aromatic heterocycles. The van der Waals surface area contributed by atoms with Gasteiger partial charge in [0, 0.05) is 6.04 Å². The minimum atomic E-state index is -0.778. The molecule has 0 unspecified atom stereocenters. The zero-order chi connectivity index (χ0) is 12.4. The van der Waals surface area contributed by atoms with E-state index in [0.29, 0.717) is 18.0 Å². The van der Waals surface area contributed by atoms with Gasteiger partial charge in [-0.05, 0) is 30.6 Å². The quantitative estimate of drug-likeness (QED) is 0.628. The minimum Gasteiger partial charge on any atom is -0.481 e. The maximum atomic E-state index is 10.8. The summed E-state index contributed by atoms with van der Waals surface area (Å²) in [5, 5.41) is 22.8. The maximum Gasteiger partial charge on any atom is 0.345 e. The maximum absolute atomic E-state index is 10.8. The Bertz CT molecular complexity index is 447. The number of hydrogen-bond donors (Lipinski definition) is 2. The van der Waals surface area contributed by atoms with Crippen LogP contribution in [0.2, 0.25) is 0 Å². The molecule has 1 aromatic rings. The second-order valence-electron chi connectivity index (χ2n) is 3.95. The van der Waals surface area contributed by atoms with Crippen molar-refractivity contribution >= 4 is 27.4 Å². The zero-order valence-corrected chi connectivity index (χ0v) is 9.64. The highest BCUT2D eigenvalue weighted by atomic mass is 32.1. The van der Waals surface area contributed by atoms with Gasteiger partial charge in [-0.15, -0.1) is 0 Å². The van der Waals surface area contributed by atoms with E-state index in [1.807, 2.05) is 0 Å². The number of thiazole rings is 1. The van der Waals surface area contributed by atoms with Crippen LogP contribution in [0, 0.1) is 16.0 Å². The first-order chi connectivity index (χ1) is 8.06. The Morgan fingerprint density at radius 1 is 1.65 bits per heavy atom. The van der Waals surface area contributed by atoms with Crippen LogP contribution in [0.1, 0.15) is 19.3 Å². The van der Waals surface area contributed by atoms with Crippen molar-refractivity contribution in [2.45, 2.75) is 25.3 Å². The summed E-state index contributed by atoms with van der Waals surface area (Å²) in [7, 11) is 0. The number of carbonyl (C=O) groups is 1. The molecule has 92 valence electrons. The molecule has 1 heterocycles. The Morgan fingerprint density at radius 2 is 2.41 bits per heavy atom. The summed E-state index contributed by atoms with van der Waals surface area (Å²) < 4.78 is 0. The van der Waals surface area contributed by atoms with E-state index in [0.717, 1.165) is 17.8 Å². The van der Waals surface area contributed by atoms with Crippen molar-refractivity contribution in [1.29, 1.82) is 0 Å². The third-order valence-corrected chi connectivity index (χ3v) is 3.66. The minimum absolute atomic E-state index is 0.0136. The van der Waals surface area contributed by atoms with Crippen molar-refractivity contribution in [2.75, 3.05) is 5.32 Å². The molecule has 0 aliphatic heterocycles. The molecule has 0 saturated heterocycles. The van der Waals surface area contributed by atoms with Crippen LogP contribution < -0.4 is 5.32 Å². The summed E-state index contributed by atoms with van der Waals surface area (Å²) in [6.45, 7) is 0. The molecule has 0 radical (unpaired) electrons. The molecule has 2 atom stereocenters. The third-order valence-electron chi connectivity index (χ3n) is 2.78. The lowest BCUT2D eigenvalue weighted by molar-refractivity contribution is -0.380. The fourth-order valence-electron chi connectivity index (χ4n) is 1.93. The van der Waals surface area contributed by atoms with Crippen molar-refractivity contribution in [2.24, 2.45) is 5.92 Å². The van der Waals surface area contributed by atoms with Crippen LogP contribution in [-0.4, -0.2) is 27.0 Å². The lowest BCUT2D eigenvalue weighted by Gasteiger charge is -2.09. The van der Waals surface area contributed by atoms with E-state index in [9.17, 15) is 14.9 Å². The summed E-state index contributed by atoms with van der Waals surface area (Å²) in [5.74, 6) is -1.10. The highest BCUT2D eigenvalue weighted by Gasteiger charge is 2.30. The van der Waals surface area contributed by atoms with Gasteiger partial charge in [0.25, 0.3) is 0 Å². The molecular formula is C9H11N3O4S. The second kappa shape index (κ2) is 4.66. The molecule has 2 N–H and O–H groups in total. The molecule has 2 rings (SSSR count). The summed E-state index contributed by atoms with van der Waals surface area (Å²) >= 11 is 0.969. The number of carboxylic acid groups (broad SMARTS) is 1. The van der Waals surface area contributed by atoms with Crippen LogP contribution >= 0.6 is 11.3 Å². The van der Waals surface area contributed by atoms with Crippen LogP contribution in [0.25, 0.3) is 0 Å². The third kappa shape index (κ3) is 2.70. The zero-order valence-electron chi connectivity index (χ0n) is 8.83. The molecule has 0 spiro atoms. The van der Waals surface area contributed by atoms with Gasteiger partial charge < -0.3 is 10.4 Å². The molecule has 1 fully saturated rings. The summed E-state index contributed by atoms with van der Waals surface area (Å²) in [5.41, 5.74) is 0. The first-order valence-corrected chi connectivity index (χ1v) is 5.97. The van der Waals surface area contributed by atoms with Gasteiger partial charge in [-0.25, -0.2) is 4.98 Å². The number of anilines is 1. The lowest BCUT2D eigenvalue weighted by atomic mass is 10.1. The van der Waals surface area contributed by atoms with Crippen LogP contribution in [0.5, 0.6) is 0 Å². The van der Waals surface area contributed by atoms with Gasteiger partial charge >= 0.3 is 11.0 Å². The van der Waals surface area contributed by atoms with Crippen LogP contribution in [-0.2, 0) is 4.79 Å². The molecule has 1 aliphatic carbocycles. The van der Waals surface area contributed by atoms with Crippen LogP contribution in [0.15, 0.2) is 6.20 Å². The van der Waals surface area contributed by atoms with Crippen molar-refractivity contribution in [1.82, 2.24) is 4.98 Å². The Balaban J connectivity index is 1.93. The molecule has 0 aromatic carbocycles. The van der Waals surface area contributed by atoms with E-state index in [1.54, 1.807) is 0 Å². The van der Waals surface area contributed by atoms with Crippen LogP contribution in [0.3, 0.4) is 0 Å². The van der Waals surface area contributed by atoms with Crippen molar-refractivity contribution in [3.8, 4) is 0 Å². The van der Waals surface area contributed by atoms with Gasteiger partial charge in [-0.3, -0.25) is 14.9 Å². The molecule has 0 bridgehead atoms. The Kier molecular flexibility index (Phi) is 3.23. The topological polar surface area (TPSA) is 105 Å². The fourth-order valence-corrected chi connectivity index (χ4v) is 2.64. The number of aromatic nitrogens is 1. The second-order valence-corrected chi connectivity index (χ2v) is 4.96. The summed E-state index contributed by atoms with van der Waals surface area (Å²) in [4.78, 5) is 24.6. The molecule has 17 heavy (non-hydrogen) atoms. The van der Waals surface area contributed by atoms with Gasteiger partial charge in [0.2, 0.25) is 0 Å². The van der Waals surface area contributed by atoms with E-state index < -0.39 is 10.9 Å². The highest BCUT2D eigenvalue weighted by Crippen LogP contribution is 2.31. The standard InChI is InChI=1S/C9H11N3O4S/c13-8(14)5-1-2-6(3-5)11-9-10-4-7(17-9)12(15)16/h4-6H,1-3H2,(H,10,11)(H,13,14)/t5-,6+/m1/s1. The molecule has 0 amide bonds. The number of rotatable bonds is 4. The SMILES string of the molecule is O=C(O)[C@@H]1CC[C@H](Nc2ncc([N+](=O)[O-])s2)C1. The van der Waals surface area contributed by atoms with E-state index in [4.69, 9.17) is 5.11 Å². The first kappa shape index (κ1) is 11.8. The molecule has 1 aliphatic rings. The number of nitrogens with zero attached hydrogens (tertiary/aromatic N) is 2. The average Bonchev–Trinajstić information content (AvgIpc) is 2.87. The molecular weight excluding hydrogens is 246 g/mol. The monoisotopic (exact) mass is 257 g/mol. The Hall–Kier alpha value is -1.70. The lowest BCUT2D eigenvalue weighted by Crippen LogP contribution is -2.17. The van der Waals surface area contributed by atoms with Crippen molar-refractivity contribution in [3.05, 3.63) is 16.3 Å². The predicted octanol–water partition coefficient (Wildman–Crippen LogP) is 1.72. The largest absolute Gasteiger partial charge is 0.481 e. The Labute approximate surface area is 101 Å². The van der Waals surface area contributed by atoms with E-state index in [2.05, 4.69) is 10.3 Å². The van der Waals surface area contributed by atoms with Gasteiger partial charge in [0.15, 0.2) is 5.13 Å². The number of nitrogens with one attached hydrogen (secondary N) is 1. The smallest absolute Gasteiger partial charge is 0.345 e. The molecule has 7 nitrogen and oxygen atoms in total.